The molecule has 0 aromatic heterocycles. The van der Waals surface area contributed by atoms with Crippen LogP contribution < -0.4 is 21.7 Å². The molecule has 0 aromatic rings. The Labute approximate surface area is 181 Å². The van der Waals surface area contributed by atoms with Crippen molar-refractivity contribution in [3.8, 4) is 0 Å². The lowest BCUT2D eigenvalue weighted by Crippen LogP contribution is -2.58. The van der Waals surface area contributed by atoms with E-state index in [2.05, 4.69) is 41.2 Å². The second-order valence-corrected chi connectivity index (χ2v) is 6.75. The third-order valence-electron chi connectivity index (χ3n) is 3.63. The van der Waals surface area contributed by atoms with Crippen molar-refractivity contribution >= 4 is 60.9 Å². The molecule has 15 heteroatoms. The van der Waals surface area contributed by atoms with Crippen LogP contribution in [0.5, 0.6) is 0 Å². The second-order valence-electron chi connectivity index (χ2n) is 6.02. The minimum Gasteiger partial charge on any atom is -0.481 e. The van der Waals surface area contributed by atoms with Gasteiger partial charge < -0.3 is 37.0 Å². The van der Waals surface area contributed by atoms with Gasteiger partial charge in [-0.2, -0.15) is 25.3 Å². The monoisotopic (exact) mass is 468 g/mol. The predicted octanol–water partition coefficient (Wildman–Crippen LogP) is -2.95. The molecule has 30 heavy (non-hydrogen) atoms. The summed E-state index contributed by atoms with van der Waals surface area (Å²) in [4.78, 5) is 69.1. The Hall–Kier alpha value is -2.52. The van der Waals surface area contributed by atoms with Crippen LogP contribution in [0.4, 0.5) is 0 Å². The number of hydrogen-bond donors (Lipinski definition) is 9. The van der Waals surface area contributed by atoms with Gasteiger partial charge in [0.15, 0.2) is 0 Å². The van der Waals surface area contributed by atoms with E-state index in [1.54, 1.807) is 0 Å². The molecule has 13 nitrogen and oxygen atoms in total. The van der Waals surface area contributed by atoms with Gasteiger partial charge in [-0.1, -0.05) is 0 Å². The molecule has 0 fully saturated rings. The van der Waals surface area contributed by atoms with E-state index >= 15 is 0 Å². The lowest BCUT2D eigenvalue weighted by atomic mass is 10.1. The SMILES string of the molecule is NC(CCC(=O)O)C(=O)NC(CC(=O)O)C(=O)NC(CS)C(=O)NC(CS)C(=O)O. The summed E-state index contributed by atoms with van der Waals surface area (Å²) in [6, 6.07) is -5.60. The van der Waals surface area contributed by atoms with Crippen molar-refractivity contribution in [1.29, 1.82) is 0 Å². The quantitative estimate of drug-likeness (QED) is 0.118. The van der Waals surface area contributed by atoms with Gasteiger partial charge in [0, 0.05) is 17.9 Å². The van der Waals surface area contributed by atoms with Gasteiger partial charge in [0.2, 0.25) is 17.7 Å². The van der Waals surface area contributed by atoms with E-state index in [9.17, 15) is 28.8 Å². The average molecular weight is 469 g/mol. The van der Waals surface area contributed by atoms with Crippen molar-refractivity contribution in [1.82, 2.24) is 16.0 Å². The smallest absolute Gasteiger partial charge is 0.327 e. The van der Waals surface area contributed by atoms with Crippen LogP contribution in [0.25, 0.3) is 0 Å². The third-order valence-corrected chi connectivity index (χ3v) is 4.36. The van der Waals surface area contributed by atoms with Crippen molar-refractivity contribution in [2.24, 2.45) is 5.73 Å². The summed E-state index contributed by atoms with van der Waals surface area (Å²) in [5.74, 6) is -7.38. The van der Waals surface area contributed by atoms with Crippen LogP contribution in [0.2, 0.25) is 0 Å². The van der Waals surface area contributed by atoms with Crippen molar-refractivity contribution < 1.29 is 44.1 Å². The number of carbonyl (C=O) groups is 6. The molecule has 0 heterocycles. The van der Waals surface area contributed by atoms with Gasteiger partial charge in [-0.05, 0) is 6.42 Å². The molecule has 3 amide bonds. The molecule has 0 bridgehead atoms. The topological polar surface area (TPSA) is 225 Å². The number of carboxylic acids is 3. The zero-order chi connectivity index (χ0) is 23.4. The minimum absolute atomic E-state index is 0.222. The van der Waals surface area contributed by atoms with Gasteiger partial charge in [0.1, 0.15) is 18.1 Å². The van der Waals surface area contributed by atoms with E-state index in [-0.39, 0.29) is 17.9 Å². The van der Waals surface area contributed by atoms with E-state index in [1.807, 2.05) is 0 Å². The summed E-state index contributed by atoms with van der Waals surface area (Å²) in [6.45, 7) is 0. The van der Waals surface area contributed by atoms with Gasteiger partial charge in [-0.3, -0.25) is 24.0 Å². The Kier molecular flexibility index (Phi) is 12.5. The van der Waals surface area contributed by atoms with E-state index in [0.29, 0.717) is 0 Å². The van der Waals surface area contributed by atoms with Crippen LogP contribution in [0.15, 0.2) is 0 Å². The Balaban J connectivity index is 5.16. The Morgan fingerprint density at radius 1 is 0.733 bits per heavy atom. The Bertz CT molecular complexity index is 676. The first-order valence-corrected chi connectivity index (χ1v) is 9.74. The molecule has 8 N–H and O–H groups in total. The lowest BCUT2D eigenvalue weighted by molar-refractivity contribution is -0.142. The van der Waals surface area contributed by atoms with Crippen molar-refractivity contribution in [3.05, 3.63) is 0 Å². The molecule has 0 aliphatic rings. The molecule has 0 rings (SSSR count). The Morgan fingerprint density at radius 3 is 1.63 bits per heavy atom. The number of nitrogens with two attached hydrogens (primary N) is 1. The number of carbonyl (C=O) groups excluding carboxylic acids is 3. The first-order valence-electron chi connectivity index (χ1n) is 8.47. The lowest BCUT2D eigenvalue weighted by Gasteiger charge is -2.23. The molecule has 0 aromatic carbocycles. The summed E-state index contributed by atoms with van der Waals surface area (Å²) < 4.78 is 0. The molecular formula is C15H24N4O9S2. The summed E-state index contributed by atoms with van der Waals surface area (Å²) in [5.41, 5.74) is 5.53. The predicted molar refractivity (Wildman–Crippen MR) is 108 cm³/mol. The van der Waals surface area contributed by atoms with Crippen molar-refractivity contribution in [2.45, 2.75) is 43.4 Å². The fourth-order valence-corrected chi connectivity index (χ4v) is 2.50. The second kappa shape index (κ2) is 13.7. The molecule has 0 aliphatic heterocycles. The third kappa shape index (κ3) is 10.3. The van der Waals surface area contributed by atoms with Crippen LogP contribution in [0.3, 0.4) is 0 Å². The normalized spacial score (nSPS) is 14.5. The van der Waals surface area contributed by atoms with E-state index in [4.69, 9.17) is 21.1 Å². The number of carboxylic acid groups (broad SMARTS) is 3. The highest BCUT2D eigenvalue weighted by Crippen LogP contribution is 2.01. The molecule has 0 saturated carbocycles. The maximum atomic E-state index is 12.4. The van der Waals surface area contributed by atoms with Crippen LogP contribution in [-0.4, -0.2) is 86.6 Å². The summed E-state index contributed by atoms with van der Waals surface area (Å²) in [7, 11) is 0. The fraction of sp³-hybridized carbons (Fsp3) is 0.600. The van der Waals surface area contributed by atoms with Gasteiger partial charge in [-0.15, -0.1) is 0 Å². The van der Waals surface area contributed by atoms with Crippen molar-refractivity contribution in [2.75, 3.05) is 11.5 Å². The van der Waals surface area contributed by atoms with Gasteiger partial charge >= 0.3 is 17.9 Å². The van der Waals surface area contributed by atoms with Gasteiger partial charge in [0.05, 0.1) is 12.5 Å². The summed E-state index contributed by atoms with van der Waals surface area (Å²) in [6.07, 6.45) is -1.51. The first kappa shape index (κ1) is 27.5. The highest BCUT2D eigenvalue weighted by Gasteiger charge is 2.30. The largest absolute Gasteiger partial charge is 0.481 e. The van der Waals surface area contributed by atoms with E-state index in [1.165, 1.54) is 0 Å². The maximum absolute atomic E-state index is 12.4. The molecular weight excluding hydrogens is 444 g/mol. The maximum Gasteiger partial charge on any atom is 0.327 e. The molecule has 4 unspecified atom stereocenters. The average Bonchev–Trinajstić information content (AvgIpc) is 2.66. The number of hydrogen-bond acceptors (Lipinski definition) is 9. The first-order chi connectivity index (χ1) is 13.9. The van der Waals surface area contributed by atoms with Crippen LogP contribution >= 0.6 is 25.3 Å². The molecule has 0 aliphatic carbocycles. The fourth-order valence-electron chi connectivity index (χ4n) is 2.00. The van der Waals surface area contributed by atoms with E-state index < -0.39 is 72.6 Å². The summed E-state index contributed by atoms with van der Waals surface area (Å²) in [5, 5.41) is 32.9. The zero-order valence-corrected chi connectivity index (χ0v) is 17.4. The van der Waals surface area contributed by atoms with Crippen LogP contribution in [-0.2, 0) is 28.8 Å². The number of aliphatic carboxylic acids is 3. The molecule has 0 spiro atoms. The number of amides is 3. The highest BCUT2D eigenvalue weighted by atomic mass is 32.1. The molecule has 0 radical (unpaired) electrons. The minimum atomic E-state index is -1.62. The molecule has 170 valence electrons. The van der Waals surface area contributed by atoms with Crippen LogP contribution in [0.1, 0.15) is 19.3 Å². The summed E-state index contributed by atoms with van der Waals surface area (Å²) >= 11 is 7.69. The Morgan fingerprint density at radius 2 is 1.20 bits per heavy atom. The number of nitrogens with one attached hydrogen (secondary N) is 3. The zero-order valence-electron chi connectivity index (χ0n) is 15.6. The van der Waals surface area contributed by atoms with Gasteiger partial charge in [-0.25, -0.2) is 4.79 Å². The van der Waals surface area contributed by atoms with E-state index in [0.717, 1.165) is 0 Å². The number of rotatable bonds is 14. The number of thiol groups is 2. The standard InChI is InChI=1S/C15H24N4O9S2/c16-6(1-2-10(20)21)12(24)17-7(3-11(22)23)13(25)18-8(4-29)14(26)19-9(5-30)15(27)28/h6-9,29-30H,1-5,16H2,(H,17,24)(H,18,25)(H,19,26)(H,20,21)(H,22,23)(H,27,28). The molecule has 0 saturated heterocycles. The van der Waals surface area contributed by atoms with Crippen molar-refractivity contribution in [3.63, 3.8) is 0 Å². The highest BCUT2D eigenvalue weighted by molar-refractivity contribution is 7.80. The van der Waals surface area contributed by atoms with Crippen LogP contribution in [0, 0.1) is 0 Å². The van der Waals surface area contributed by atoms with Gasteiger partial charge in [0.25, 0.3) is 0 Å². The molecule has 4 atom stereocenters.